The third-order valence-corrected chi connectivity index (χ3v) is 3.53. The van der Waals surface area contributed by atoms with Crippen molar-refractivity contribution in [2.24, 2.45) is 0 Å². The molecule has 0 saturated carbocycles. The van der Waals surface area contributed by atoms with Crippen LogP contribution in [0.3, 0.4) is 0 Å². The van der Waals surface area contributed by atoms with Crippen LogP contribution in [0.5, 0.6) is 0 Å². The fourth-order valence-corrected chi connectivity index (χ4v) is 2.39. The molecule has 0 spiro atoms. The lowest BCUT2D eigenvalue weighted by atomic mass is 10.1. The van der Waals surface area contributed by atoms with Gasteiger partial charge in [0.15, 0.2) is 0 Å². The van der Waals surface area contributed by atoms with E-state index >= 15 is 0 Å². The van der Waals surface area contributed by atoms with Crippen LogP contribution < -0.4 is 5.32 Å². The number of aryl methyl sites for hydroxylation is 1. The minimum Gasteiger partial charge on any atom is -0.380 e. The van der Waals surface area contributed by atoms with Gasteiger partial charge in [0.25, 0.3) is 0 Å². The molecule has 114 valence electrons. The van der Waals surface area contributed by atoms with Crippen LogP contribution in [0.15, 0.2) is 54.7 Å². The van der Waals surface area contributed by atoms with Crippen molar-refractivity contribution in [2.45, 2.75) is 13.5 Å². The Morgan fingerprint density at radius 3 is 2.78 bits per heavy atom. The summed E-state index contributed by atoms with van der Waals surface area (Å²) in [6.07, 6.45) is 1.91. The number of hydrogen-bond acceptors (Lipinski definition) is 3. The summed E-state index contributed by atoms with van der Waals surface area (Å²) in [5.41, 5.74) is 3.84. The second-order valence-corrected chi connectivity index (χ2v) is 5.19. The van der Waals surface area contributed by atoms with Crippen LogP contribution in [-0.2, 0) is 6.54 Å². The molecular weight excluding hydrogens is 291 g/mol. The van der Waals surface area contributed by atoms with Crippen LogP contribution in [-0.4, -0.2) is 9.78 Å². The van der Waals surface area contributed by atoms with E-state index in [1.165, 1.54) is 12.1 Å². The number of aromatic nitrogens is 2. The molecule has 1 aromatic heterocycles. The normalized spacial score (nSPS) is 10.3. The molecule has 0 radical (unpaired) electrons. The van der Waals surface area contributed by atoms with Crippen molar-refractivity contribution in [1.82, 2.24) is 9.78 Å². The molecule has 0 bridgehead atoms. The maximum atomic E-state index is 13.2. The Bertz CT molecular complexity index is 877. The van der Waals surface area contributed by atoms with Crippen molar-refractivity contribution < 1.29 is 4.39 Å². The number of anilines is 1. The lowest BCUT2D eigenvalue weighted by Gasteiger charge is -2.12. The molecule has 23 heavy (non-hydrogen) atoms. The first-order chi connectivity index (χ1) is 11.2. The second-order valence-electron chi connectivity index (χ2n) is 5.19. The first-order valence-corrected chi connectivity index (χ1v) is 7.21. The third kappa shape index (κ3) is 3.22. The highest BCUT2D eigenvalue weighted by Crippen LogP contribution is 2.19. The van der Waals surface area contributed by atoms with E-state index in [2.05, 4.69) is 10.4 Å². The van der Waals surface area contributed by atoms with Gasteiger partial charge in [-0.05, 0) is 42.8 Å². The fraction of sp³-hybridized carbons (Fsp3) is 0.111. The van der Waals surface area contributed by atoms with Crippen molar-refractivity contribution in [3.8, 4) is 11.8 Å². The minimum atomic E-state index is -0.417. The van der Waals surface area contributed by atoms with Gasteiger partial charge in [-0.15, -0.1) is 0 Å². The summed E-state index contributed by atoms with van der Waals surface area (Å²) in [5, 5.41) is 16.7. The summed E-state index contributed by atoms with van der Waals surface area (Å²) < 4.78 is 15.0. The molecule has 5 heteroatoms. The average Bonchev–Trinajstić information content (AvgIpc) is 3.00. The number of halogens is 1. The molecule has 3 rings (SSSR count). The van der Waals surface area contributed by atoms with Gasteiger partial charge in [-0.2, -0.15) is 10.4 Å². The molecule has 0 aliphatic carbocycles. The average molecular weight is 306 g/mol. The van der Waals surface area contributed by atoms with Crippen molar-refractivity contribution in [1.29, 1.82) is 5.26 Å². The zero-order valence-corrected chi connectivity index (χ0v) is 12.6. The monoisotopic (exact) mass is 306 g/mol. The van der Waals surface area contributed by atoms with Gasteiger partial charge in [-0.25, -0.2) is 9.07 Å². The first kappa shape index (κ1) is 14.8. The van der Waals surface area contributed by atoms with Gasteiger partial charge >= 0.3 is 0 Å². The fourth-order valence-electron chi connectivity index (χ4n) is 2.39. The Balaban J connectivity index is 1.86. The summed E-state index contributed by atoms with van der Waals surface area (Å²) >= 11 is 0. The third-order valence-electron chi connectivity index (χ3n) is 3.53. The number of para-hydroxylation sites is 1. The van der Waals surface area contributed by atoms with E-state index in [0.29, 0.717) is 12.2 Å². The van der Waals surface area contributed by atoms with E-state index in [1.54, 1.807) is 6.07 Å². The molecule has 0 aliphatic heterocycles. The molecule has 1 N–H and O–H groups in total. The topological polar surface area (TPSA) is 53.6 Å². The molecule has 2 aromatic carbocycles. The van der Waals surface area contributed by atoms with E-state index in [0.717, 1.165) is 16.9 Å². The molecule has 0 fully saturated rings. The van der Waals surface area contributed by atoms with E-state index in [4.69, 9.17) is 5.26 Å². The highest BCUT2D eigenvalue weighted by Gasteiger charge is 2.07. The number of nitriles is 1. The minimum absolute atomic E-state index is 0.289. The molecule has 1 heterocycles. The summed E-state index contributed by atoms with van der Waals surface area (Å²) in [4.78, 5) is 0. The quantitative estimate of drug-likeness (QED) is 0.797. The maximum Gasteiger partial charge on any atom is 0.124 e. The zero-order valence-electron chi connectivity index (χ0n) is 12.6. The molecular formula is C18H15FN4. The van der Waals surface area contributed by atoms with Crippen LogP contribution in [0.4, 0.5) is 10.1 Å². The smallest absolute Gasteiger partial charge is 0.124 e. The van der Waals surface area contributed by atoms with E-state index in [9.17, 15) is 4.39 Å². The number of nitrogens with zero attached hydrogens (tertiary/aromatic N) is 3. The van der Waals surface area contributed by atoms with Crippen molar-refractivity contribution >= 4 is 5.69 Å². The number of hydrogen-bond donors (Lipinski definition) is 1. The summed E-state index contributed by atoms with van der Waals surface area (Å²) in [5.74, 6) is -0.417. The van der Waals surface area contributed by atoms with Gasteiger partial charge in [0.2, 0.25) is 0 Å². The van der Waals surface area contributed by atoms with Crippen LogP contribution in [0.2, 0.25) is 0 Å². The van der Waals surface area contributed by atoms with Gasteiger partial charge < -0.3 is 5.32 Å². The Morgan fingerprint density at radius 2 is 2.04 bits per heavy atom. The largest absolute Gasteiger partial charge is 0.380 e. The number of nitrogens with one attached hydrogen (secondary N) is 1. The molecule has 0 unspecified atom stereocenters. The van der Waals surface area contributed by atoms with E-state index in [-0.39, 0.29) is 5.56 Å². The molecule has 0 aliphatic rings. The van der Waals surface area contributed by atoms with Crippen LogP contribution in [0.1, 0.15) is 16.8 Å². The van der Waals surface area contributed by atoms with Crippen LogP contribution in [0.25, 0.3) is 5.69 Å². The second kappa shape index (κ2) is 6.32. The maximum absolute atomic E-state index is 13.2. The predicted octanol–water partition coefficient (Wildman–Crippen LogP) is 3.80. The van der Waals surface area contributed by atoms with Gasteiger partial charge in [-0.3, -0.25) is 0 Å². The van der Waals surface area contributed by atoms with Crippen LogP contribution >= 0.6 is 0 Å². The Kier molecular flexibility index (Phi) is 4.07. The molecule has 0 amide bonds. The molecule has 4 nitrogen and oxygen atoms in total. The first-order valence-electron chi connectivity index (χ1n) is 7.21. The summed E-state index contributed by atoms with van der Waals surface area (Å²) in [6.45, 7) is 2.45. The predicted molar refractivity (Wildman–Crippen MR) is 86.7 cm³/mol. The van der Waals surface area contributed by atoms with Crippen LogP contribution in [0, 0.1) is 24.1 Å². The van der Waals surface area contributed by atoms with E-state index < -0.39 is 5.82 Å². The van der Waals surface area contributed by atoms with Gasteiger partial charge in [0.1, 0.15) is 11.9 Å². The highest BCUT2D eigenvalue weighted by atomic mass is 19.1. The molecule has 0 saturated heterocycles. The lowest BCUT2D eigenvalue weighted by Crippen LogP contribution is -2.06. The number of benzene rings is 2. The Morgan fingerprint density at radius 1 is 1.22 bits per heavy atom. The van der Waals surface area contributed by atoms with Crippen molar-refractivity contribution in [3.63, 3.8) is 0 Å². The number of rotatable bonds is 4. The standard InChI is InChI=1S/C18H15FN4/c1-13-8-9-23(22-13)18-5-3-2-4-14(18)12-21-17-7-6-16(19)10-15(17)11-20/h2-10,21H,12H2,1H3. The highest BCUT2D eigenvalue weighted by molar-refractivity contribution is 5.58. The molecule has 0 atom stereocenters. The lowest BCUT2D eigenvalue weighted by molar-refractivity contribution is 0.627. The van der Waals surface area contributed by atoms with Gasteiger partial charge in [-0.1, -0.05) is 18.2 Å². The zero-order chi connectivity index (χ0) is 16.2. The van der Waals surface area contributed by atoms with Gasteiger partial charge in [0.05, 0.1) is 22.6 Å². The molecule has 3 aromatic rings. The van der Waals surface area contributed by atoms with Crippen molar-refractivity contribution in [2.75, 3.05) is 5.32 Å². The summed E-state index contributed by atoms with van der Waals surface area (Å²) in [6, 6.07) is 16.0. The SMILES string of the molecule is Cc1ccn(-c2ccccc2CNc2ccc(F)cc2C#N)n1. The Labute approximate surface area is 133 Å². The van der Waals surface area contributed by atoms with E-state index in [1.807, 2.05) is 54.2 Å². The van der Waals surface area contributed by atoms with Gasteiger partial charge in [0, 0.05) is 12.7 Å². The Hall–Kier alpha value is -3.13. The summed E-state index contributed by atoms with van der Waals surface area (Å²) in [7, 11) is 0. The van der Waals surface area contributed by atoms with Crippen molar-refractivity contribution in [3.05, 3.63) is 77.4 Å².